The molecule has 0 amide bonds. The number of halogens is 5. The maximum Gasteiger partial charge on any atom is 0.134 e. The van der Waals surface area contributed by atoms with Gasteiger partial charge in [0.2, 0.25) is 0 Å². The first-order chi connectivity index (χ1) is 13.4. The standard InChI is InChI=1S/C23H23F5/c1-2-3-4-14-5-7-15(8-6-14)16-9-21(27)23(22(28)10-16)17-11-19(25)18(13-24)20(26)12-17/h2,9-12,14-15H,1,3-8,13H2. The van der Waals surface area contributed by atoms with Crippen LogP contribution in [0.5, 0.6) is 0 Å². The molecule has 3 rings (SSSR count). The molecule has 0 aliphatic heterocycles. The van der Waals surface area contributed by atoms with Crippen LogP contribution in [0.15, 0.2) is 36.9 Å². The van der Waals surface area contributed by atoms with Gasteiger partial charge in [0.25, 0.3) is 0 Å². The normalized spacial score (nSPS) is 19.6. The maximum absolute atomic E-state index is 14.7. The van der Waals surface area contributed by atoms with Gasteiger partial charge in [0.1, 0.15) is 29.9 Å². The first kappa shape index (κ1) is 20.6. The summed E-state index contributed by atoms with van der Waals surface area (Å²) in [6.07, 6.45) is 7.69. The molecule has 0 nitrogen and oxygen atoms in total. The van der Waals surface area contributed by atoms with Crippen molar-refractivity contribution in [2.45, 2.75) is 51.1 Å². The summed E-state index contributed by atoms with van der Waals surface area (Å²) < 4.78 is 69.7. The highest BCUT2D eigenvalue weighted by molar-refractivity contribution is 5.66. The van der Waals surface area contributed by atoms with E-state index in [0.717, 1.165) is 50.7 Å². The third kappa shape index (κ3) is 4.29. The third-order valence-electron chi connectivity index (χ3n) is 5.72. The maximum atomic E-state index is 14.7. The van der Waals surface area contributed by atoms with Gasteiger partial charge >= 0.3 is 0 Å². The fourth-order valence-electron chi connectivity index (χ4n) is 4.12. The lowest BCUT2D eigenvalue weighted by Crippen LogP contribution is -2.14. The average molecular weight is 394 g/mol. The number of hydrogen-bond acceptors (Lipinski definition) is 0. The molecule has 0 radical (unpaired) electrons. The van der Waals surface area contributed by atoms with Gasteiger partial charge in [-0.25, -0.2) is 22.0 Å². The van der Waals surface area contributed by atoms with E-state index in [9.17, 15) is 22.0 Å². The van der Waals surface area contributed by atoms with Crippen LogP contribution < -0.4 is 0 Å². The first-order valence-corrected chi connectivity index (χ1v) is 9.58. The van der Waals surface area contributed by atoms with Crippen molar-refractivity contribution in [2.24, 2.45) is 5.92 Å². The highest BCUT2D eigenvalue weighted by atomic mass is 19.2. The second-order valence-electron chi connectivity index (χ2n) is 7.50. The minimum absolute atomic E-state index is 0.0698. The third-order valence-corrected chi connectivity index (χ3v) is 5.72. The van der Waals surface area contributed by atoms with E-state index in [-0.39, 0.29) is 11.5 Å². The molecule has 1 aliphatic carbocycles. The largest absolute Gasteiger partial charge is 0.246 e. The van der Waals surface area contributed by atoms with E-state index < -0.39 is 41.1 Å². The molecule has 1 saturated carbocycles. The van der Waals surface area contributed by atoms with Crippen molar-refractivity contribution in [1.82, 2.24) is 0 Å². The van der Waals surface area contributed by atoms with Crippen LogP contribution in [0.3, 0.4) is 0 Å². The van der Waals surface area contributed by atoms with Gasteiger partial charge in [-0.05, 0) is 85.8 Å². The van der Waals surface area contributed by atoms with Gasteiger partial charge in [-0.15, -0.1) is 6.58 Å². The van der Waals surface area contributed by atoms with Gasteiger partial charge in [-0.3, -0.25) is 0 Å². The van der Waals surface area contributed by atoms with Gasteiger partial charge in [0, 0.05) is 0 Å². The van der Waals surface area contributed by atoms with Crippen LogP contribution in [0.1, 0.15) is 55.6 Å². The van der Waals surface area contributed by atoms with E-state index in [1.807, 2.05) is 6.08 Å². The molecule has 0 bridgehead atoms. The zero-order chi connectivity index (χ0) is 20.3. The summed E-state index contributed by atoms with van der Waals surface area (Å²) in [6.45, 7) is 2.41. The van der Waals surface area contributed by atoms with Crippen LogP contribution in [-0.2, 0) is 6.67 Å². The smallest absolute Gasteiger partial charge is 0.134 e. The second-order valence-corrected chi connectivity index (χ2v) is 7.50. The van der Waals surface area contributed by atoms with Crippen LogP contribution in [-0.4, -0.2) is 0 Å². The number of benzene rings is 2. The van der Waals surface area contributed by atoms with E-state index in [2.05, 4.69) is 6.58 Å². The molecule has 5 heteroatoms. The molecule has 0 saturated heterocycles. The van der Waals surface area contributed by atoms with Gasteiger partial charge in [0.05, 0.1) is 11.1 Å². The van der Waals surface area contributed by atoms with Gasteiger partial charge in [-0.1, -0.05) is 6.08 Å². The van der Waals surface area contributed by atoms with E-state index in [1.165, 1.54) is 12.1 Å². The number of alkyl halides is 1. The Morgan fingerprint density at radius 2 is 1.43 bits per heavy atom. The minimum Gasteiger partial charge on any atom is -0.246 e. The highest BCUT2D eigenvalue weighted by Gasteiger charge is 2.25. The van der Waals surface area contributed by atoms with E-state index in [4.69, 9.17) is 0 Å². The quantitative estimate of drug-likeness (QED) is 0.349. The lowest BCUT2D eigenvalue weighted by atomic mass is 9.77. The summed E-state index contributed by atoms with van der Waals surface area (Å²) in [5, 5.41) is 0. The summed E-state index contributed by atoms with van der Waals surface area (Å²) in [5.74, 6) is -3.36. The average Bonchev–Trinajstić information content (AvgIpc) is 2.66. The van der Waals surface area contributed by atoms with Crippen molar-refractivity contribution >= 4 is 0 Å². The molecular formula is C23H23F5. The summed E-state index contributed by atoms with van der Waals surface area (Å²) in [4.78, 5) is 0. The monoisotopic (exact) mass is 394 g/mol. The van der Waals surface area contributed by atoms with Gasteiger partial charge in [-0.2, -0.15) is 0 Å². The van der Waals surface area contributed by atoms with Gasteiger partial charge in [0.15, 0.2) is 0 Å². The molecule has 0 aromatic heterocycles. The van der Waals surface area contributed by atoms with Crippen molar-refractivity contribution in [3.05, 3.63) is 71.3 Å². The van der Waals surface area contributed by atoms with Crippen LogP contribution in [0, 0.1) is 29.2 Å². The van der Waals surface area contributed by atoms with Crippen molar-refractivity contribution in [3.8, 4) is 11.1 Å². The molecule has 0 spiro atoms. The Hall–Kier alpha value is -2.17. The molecule has 1 aliphatic rings. The fraction of sp³-hybridized carbons (Fsp3) is 0.391. The summed E-state index contributed by atoms with van der Waals surface area (Å²) in [7, 11) is 0. The van der Waals surface area contributed by atoms with Crippen LogP contribution in [0.25, 0.3) is 11.1 Å². The fourth-order valence-corrected chi connectivity index (χ4v) is 4.12. The SMILES string of the molecule is C=CCCC1CCC(c2cc(F)c(-c3cc(F)c(CF)c(F)c3)c(F)c2)CC1. The molecule has 1 fully saturated rings. The minimum atomic E-state index is -1.32. The van der Waals surface area contributed by atoms with Crippen LogP contribution in [0.4, 0.5) is 22.0 Å². The Kier molecular flexibility index (Phi) is 6.53. The molecule has 0 N–H and O–H groups in total. The summed E-state index contributed by atoms with van der Waals surface area (Å²) in [5.41, 5.74) is -0.940. The Morgan fingerprint density at radius 3 is 1.93 bits per heavy atom. The zero-order valence-electron chi connectivity index (χ0n) is 15.6. The Labute approximate surface area is 162 Å². The van der Waals surface area contributed by atoms with Crippen molar-refractivity contribution in [2.75, 3.05) is 0 Å². The van der Waals surface area contributed by atoms with Crippen LogP contribution >= 0.6 is 0 Å². The highest BCUT2D eigenvalue weighted by Crippen LogP contribution is 2.39. The molecule has 2 aromatic rings. The predicted octanol–water partition coefficient (Wildman–Crippen LogP) is 7.62. The Balaban J connectivity index is 1.83. The van der Waals surface area contributed by atoms with Crippen LogP contribution in [0.2, 0.25) is 0 Å². The van der Waals surface area contributed by atoms with Crippen molar-refractivity contribution in [3.63, 3.8) is 0 Å². The molecule has 150 valence electrons. The lowest BCUT2D eigenvalue weighted by Gasteiger charge is -2.29. The number of allylic oxidation sites excluding steroid dienone is 1. The molecule has 28 heavy (non-hydrogen) atoms. The molecular weight excluding hydrogens is 371 g/mol. The summed E-state index contributed by atoms with van der Waals surface area (Å²) >= 11 is 0. The second kappa shape index (κ2) is 8.89. The zero-order valence-corrected chi connectivity index (χ0v) is 15.6. The molecule has 0 atom stereocenters. The molecule has 0 unspecified atom stereocenters. The van der Waals surface area contributed by atoms with E-state index in [1.54, 1.807) is 0 Å². The summed E-state index contributed by atoms with van der Waals surface area (Å²) in [6, 6.07) is 4.05. The van der Waals surface area contributed by atoms with Crippen molar-refractivity contribution in [1.29, 1.82) is 0 Å². The number of rotatable bonds is 6. The first-order valence-electron chi connectivity index (χ1n) is 9.58. The number of hydrogen-bond donors (Lipinski definition) is 0. The van der Waals surface area contributed by atoms with E-state index in [0.29, 0.717) is 11.5 Å². The molecule has 0 heterocycles. The predicted molar refractivity (Wildman–Crippen MR) is 101 cm³/mol. The lowest BCUT2D eigenvalue weighted by molar-refractivity contribution is 0.311. The van der Waals surface area contributed by atoms with Gasteiger partial charge < -0.3 is 0 Å². The van der Waals surface area contributed by atoms with Crippen molar-refractivity contribution < 1.29 is 22.0 Å². The Bertz CT molecular complexity index is 804. The molecule has 2 aromatic carbocycles. The van der Waals surface area contributed by atoms with E-state index >= 15 is 0 Å². The topological polar surface area (TPSA) is 0 Å². The Morgan fingerprint density at radius 1 is 0.857 bits per heavy atom.